The van der Waals surface area contributed by atoms with E-state index in [0.29, 0.717) is 24.0 Å². The number of hydrogen-bond donors (Lipinski definition) is 2. The van der Waals surface area contributed by atoms with E-state index < -0.39 is 5.56 Å². The number of aryl methyl sites for hydroxylation is 1. The Morgan fingerprint density at radius 3 is 2.78 bits per heavy atom. The third kappa shape index (κ3) is 3.78. The van der Waals surface area contributed by atoms with Crippen LogP contribution in [0.1, 0.15) is 42.8 Å². The van der Waals surface area contributed by atoms with Crippen molar-refractivity contribution in [1.29, 1.82) is 5.26 Å². The van der Waals surface area contributed by atoms with Gasteiger partial charge in [-0.2, -0.15) is 5.26 Å². The third-order valence-corrected chi connectivity index (χ3v) is 4.18. The number of nitrogens with one attached hydrogen (secondary N) is 2. The van der Waals surface area contributed by atoms with Crippen LogP contribution in [0.2, 0.25) is 0 Å². The molecule has 5 heteroatoms. The van der Waals surface area contributed by atoms with E-state index in [-0.39, 0.29) is 5.56 Å². The van der Waals surface area contributed by atoms with Crippen molar-refractivity contribution in [2.75, 3.05) is 5.32 Å². The summed E-state index contributed by atoms with van der Waals surface area (Å²) in [6.07, 6.45) is 1.68. The Morgan fingerprint density at radius 1 is 1.39 bits per heavy atom. The second-order valence-corrected chi connectivity index (χ2v) is 5.94. The minimum absolute atomic E-state index is 0.0128. The number of benzene rings is 1. The number of anilines is 2. The number of aromatic nitrogens is 2. The molecule has 120 valence electrons. The van der Waals surface area contributed by atoms with E-state index in [1.807, 2.05) is 38.1 Å². The summed E-state index contributed by atoms with van der Waals surface area (Å²) in [5.41, 5.74) is 2.68. The lowest BCUT2D eigenvalue weighted by Gasteiger charge is -2.13. The fourth-order valence-corrected chi connectivity index (χ4v) is 2.30. The number of nitriles is 1. The Labute approximate surface area is 136 Å². The van der Waals surface area contributed by atoms with Crippen LogP contribution in [0.3, 0.4) is 0 Å². The van der Waals surface area contributed by atoms with Gasteiger partial charge >= 0.3 is 0 Å². The zero-order valence-electron chi connectivity index (χ0n) is 14.0. The summed E-state index contributed by atoms with van der Waals surface area (Å²) in [4.78, 5) is 19.3. The van der Waals surface area contributed by atoms with Gasteiger partial charge in [0.05, 0.1) is 0 Å². The van der Waals surface area contributed by atoms with Gasteiger partial charge in [-0.1, -0.05) is 32.4 Å². The molecule has 0 bridgehead atoms. The average Bonchev–Trinajstić information content (AvgIpc) is 2.51. The van der Waals surface area contributed by atoms with Gasteiger partial charge in [-0.3, -0.25) is 4.79 Å². The fourth-order valence-electron chi connectivity index (χ4n) is 2.30. The maximum Gasteiger partial charge on any atom is 0.271 e. The number of aromatic amines is 1. The highest BCUT2D eigenvalue weighted by Crippen LogP contribution is 2.23. The summed E-state index contributed by atoms with van der Waals surface area (Å²) in [7, 11) is 0. The minimum atomic E-state index is -0.395. The Kier molecular flexibility index (Phi) is 5.17. The van der Waals surface area contributed by atoms with Crippen LogP contribution in [0.4, 0.5) is 11.5 Å². The maximum atomic E-state index is 12.1. The monoisotopic (exact) mass is 310 g/mol. The number of H-pyrrole nitrogens is 1. The SMILES string of the molecule is CCC(C)Cc1nc(Nc2cccc(C)c2C)c(C#N)c(=O)[nH]1. The normalized spacial score (nSPS) is 11.8. The topological polar surface area (TPSA) is 81.6 Å². The van der Waals surface area contributed by atoms with Gasteiger partial charge < -0.3 is 10.3 Å². The maximum absolute atomic E-state index is 12.1. The van der Waals surface area contributed by atoms with E-state index in [4.69, 9.17) is 0 Å². The average molecular weight is 310 g/mol. The number of nitrogens with zero attached hydrogens (tertiary/aromatic N) is 2. The smallest absolute Gasteiger partial charge is 0.271 e. The summed E-state index contributed by atoms with van der Waals surface area (Å²) >= 11 is 0. The Bertz CT molecular complexity index is 802. The molecule has 0 saturated heterocycles. The van der Waals surface area contributed by atoms with Crippen LogP contribution < -0.4 is 10.9 Å². The van der Waals surface area contributed by atoms with Gasteiger partial charge in [-0.05, 0) is 37.0 Å². The zero-order chi connectivity index (χ0) is 17.0. The second kappa shape index (κ2) is 7.10. The molecule has 1 aromatic heterocycles. The van der Waals surface area contributed by atoms with Gasteiger partial charge in [-0.15, -0.1) is 0 Å². The van der Waals surface area contributed by atoms with Crippen molar-refractivity contribution in [3.05, 3.63) is 51.1 Å². The summed E-state index contributed by atoms with van der Waals surface area (Å²) in [5, 5.41) is 12.4. The first-order valence-electron chi connectivity index (χ1n) is 7.82. The van der Waals surface area contributed by atoms with Crippen molar-refractivity contribution in [2.45, 2.75) is 40.5 Å². The summed E-state index contributed by atoms with van der Waals surface area (Å²) < 4.78 is 0. The Morgan fingerprint density at radius 2 is 2.13 bits per heavy atom. The third-order valence-electron chi connectivity index (χ3n) is 4.18. The van der Waals surface area contributed by atoms with Gasteiger partial charge in [0.25, 0.3) is 5.56 Å². The molecule has 0 saturated carbocycles. The van der Waals surface area contributed by atoms with Crippen LogP contribution in [0.15, 0.2) is 23.0 Å². The molecule has 23 heavy (non-hydrogen) atoms. The molecule has 2 rings (SSSR count). The molecular formula is C18H22N4O. The highest BCUT2D eigenvalue weighted by atomic mass is 16.1. The van der Waals surface area contributed by atoms with Gasteiger partial charge in [0, 0.05) is 12.1 Å². The molecule has 5 nitrogen and oxygen atoms in total. The predicted molar refractivity (Wildman–Crippen MR) is 91.9 cm³/mol. The summed E-state index contributed by atoms with van der Waals surface area (Å²) in [5.74, 6) is 1.35. The van der Waals surface area contributed by atoms with Crippen molar-refractivity contribution >= 4 is 11.5 Å². The van der Waals surface area contributed by atoms with E-state index in [0.717, 1.165) is 23.2 Å². The largest absolute Gasteiger partial charge is 0.339 e. The van der Waals surface area contributed by atoms with Crippen molar-refractivity contribution in [2.24, 2.45) is 5.92 Å². The van der Waals surface area contributed by atoms with Crippen LogP contribution in [0, 0.1) is 31.1 Å². The highest BCUT2D eigenvalue weighted by Gasteiger charge is 2.14. The van der Waals surface area contributed by atoms with Gasteiger partial charge in [0.2, 0.25) is 0 Å². The number of rotatable bonds is 5. The molecule has 0 amide bonds. The molecule has 1 unspecified atom stereocenters. The second-order valence-electron chi connectivity index (χ2n) is 5.94. The molecule has 1 atom stereocenters. The van der Waals surface area contributed by atoms with Gasteiger partial charge in [0.15, 0.2) is 11.4 Å². The first kappa shape index (κ1) is 16.8. The molecule has 0 fully saturated rings. The van der Waals surface area contributed by atoms with Crippen LogP contribution >= 0.6 is 0 Å². The summed E-state index contributed by atoms with van der Waals surface area (Å²) in [6.45, 7) is 8.22. The van der Waals surface area contributed by atoms with Crippen LogP contribution in [0.5, 0.6) is 0 Å². The lowest BCUT2D eigenvalue weighted by atomic mass is 10.0. The van der Waals surface area contributed by atoms with E-state index >= 15 is 0 Å². The van der Waals surface area contributed by atoms with Gasteiger partial charge in [-0.25, -0.2) is 4.98 Å². The lowest BCUT2D eigenvalue weighted by molar-refractivity contribution is 0.542. The molecule has 0 aliphatic heterocycles. The predicted octanol–water partition coefficient (Wildman–Crippen LogP) is 3.59. The van der Waals surface area contributed by atoms with Gasteiger partial charge in [0.1, 0.15) is 11.9 Å². The van der Waals surface area contributed by atoms with Crippen molar-refractivity contribution in [3.8, 4) is 6.07 Å². The van der Waals surface area contributed by atoms with E-state index in [1.54, 1.807) is 0 Å². The van der Waals surface area contributed by atoms with Crippen molar-refractivity contribution in [3.63, 3.8) is 0 Å². The minimum Gasteiger partial charge on any atom is -0.339 e. The molecule has 0 spiro atoms. The Balaban J connectivity index is 2.45. The standard InChI is InChI=1S/C18H22N4O/c1-5-11(2)9-16-21-17(14(10-19)18(23)22-16)20-15-8-6-7-12(3)13(15)4/h6-8,11H,5,9H2,1-4H3,(H2,20,21,22,23). The van der Waals surface area contributed by atoms with Crippen LogP contribution in [-0.4, -0.2) is 9.97 Å². The molecule has 0 aliphatic carbocycles. The van der Waals surface area contributed by atoms with E-state index in [2.05, 4.69) is 29.1 Å². The molecule has 1 heterocycles. The Hall–Kier alpha value is -2.61. The molecule has 2 N–H and O–H groups in total. The first-order valence-corrected chi connectivity index (χ1v) is 7.82. The number of hydrogen-bond acceptors (Lipinski definition) is 4. The van der Waals surface area contributed by atoms with E-state index in [1.165, 1.54) is 0 Å². The fraction of sp³-hybridized carbons (Fsp3) is 0.389. The molecule has 0 aliphatic rings. The molecule has 2 aromatic rings. The first-order chi connectivity index (χ1) is 11.0. The molecular weight excluding hydrogens is 288 g/mol. The van der Waals surface area contributed by atoms with E-state index in [9.17, 15) is 10.1 Å². The quantitative estimate of drug-likeness (QED) is 0.884. The van der Waals surface area contributed by atoms with Crippen molar-refractivity contribution < 1.29 is 0 Å². The summed E-state index contributed by atoms with van der Waals surface area (Å²) in [6, 6.07) is 7.81. The zero-order valence-corrected chi connectivity index (χ0v) is 14.0. The molecule has 1 aromatic carbocycles. The highest BCUT2D eigenvalue weighted by molar-refractivity contribution is 5.65. The molecule has 0 radical (unpaired) electrons. The van der Waals surface area contributed by atoms with Crippen molar-refractivity contribution in [1.82, 2.24) is 9.97 Å². The van der Waals surface area contributed by atoms with Crippen LogP contribution in [-0.2, 0) is 6.42 Å². The lowest BCUT2D eigenvalue weighted by Crippen LogP contribution is -2.19. The van der Waals surface area contributed by atoms with Crippen LogP contribution in [0.25, 0.3) is 0 Å².